The van der Waals surface area contributed by atoms with E-state index < -0.39 is 5.97 Å². The number of aromatic carboxylic acids is 1. The summed E-state index contributed by atoms with van der Waals surface area (Å²) in [7, 11) is 0. The zero-order valence-corrected chi connectivity index (χ0v) is 13.3. The molecule has 0 fully saturated rings. The van der Waals surface area contributed by atoms with Crippen LogP contribution in [-0.2, 0) is 0 Å². The van der Waals surface area contributed by atoms with Gasteiger partial charge in [0.05, 0.1) is 19.9 Å². The first-order chi connectivity index (χ1) is 8.97. The van der Waals surface area contributed by atoms with Gasteiger partial charge in [0.1, 0.15) is 0 Å². The molecule has 1 aromatic carbocycles. The third kappa shape index (κ3) is 3.43. The molecule has 2 aromatic rings. The maximum atomic E-state index is 12.0. The second-order valence-electron chi connectivity index (χ2n) is 3.56. The summed E-state index contributed by atoms with van der Waals surface area (Å²) in [5.74, 6) is -1.32. The third-order valence-electron chi connectivity index (χ3n) is 2.26. The molecular formula is C12H7Br2NO3S. The van der Waals surface area contributed by atoms with Crippen molar-refractivity contribution in [2.24, 2.45) is 0 Å². The Morgan fingerprint density at radius 3 is 2.47 bits per heavy atom. The van der Waals surface area contributed by atoms with Crippen molar-refractivity contribution in [2.45, 2.75) is 0 Å². The van der Waals surface area contributed by atoms with Gasteiger partial charge in [-0.2, -0.15) is 0 Å². The Balaban J connectivity index is 2.25. The first-order valence-electron chi connectivity index (χ1n) is 5.07. The summed E-state index contributed by atoms with van der Waals surface area (Å²) in [4.78, 5) is 23.4. The predicted octanol–water partition coefficient (Wildman–Crippen LogP) is 4.22. The normalized spacial score (nSPS) is 10.2. The van der Waals surface area contributed by atoms with Crippen molar-refractivity contribution in [3.63, 3.8) is 0 Å². The molecule has 0 aliphatic heterocycles. The van der Waals surface area contributed by atoms with Gasteiger partial charge in [-0.1, -0.05) is 0 Å². The molecule has 0 aliphatic carbocycles. The zero-order valence-electron chi connectivity index (χ0n) is 9.31. The molecule has 19 heavy (non-hydrogen) atoms. The minimum absolute atomic E-state index is 0.117. The number of carboxylic acid groups (broad SMARTS) is 1. The van der Waals surface area contributed by atoms with E-state index in [-0.39, 0.29) is 11.5 Å². The van der Waals surface area contributed by atoms with Gasteiger partial charge in [-0.3, -0.25) is 4.79 Å². The number of rotatable bonds is 3. The average molecular weight is 405 g/mol. The fourth-order valence-electron chi connectivity index (χ4n) is 1.37. The van der Waals surface area contributed by atoms with Crippen LogP contribution in [0.4, 0.5) is 5.69 Å². The van der Waals surface area contributed by atoms with Gasteiger partial charge in [0.25, 0.3) is 5.91 Å². The highest BCUT2D eigenvalue weighted by Gasteiger charge is 2.12. The molecule has 0 saturated carbocycles. The van der Waals surface area contributed by atoms with Crippen LogP contribution in [0, 0.1) is 0 Å². The van der Waals surface area contributed by atoms with Crippen molar-refractivity contribution in [1.82, 2.24) is 0 Å². The van der Waals surface area contributed by atoms with Crippen LogP contribution in [0.3, 0.4) is 0 Å². The van der Waals surface area contributed by atoms with Crippen LogP contribution in [0.25, 0.3) is 0 Å². The first-order valence-corrected chi connectivity index (χ1v) is 7.47. The van der Waals surface area contributed by atoms with E-state index in [1.165, 1.54) is 23.5 Å². The second-order valence-corrected chi connectivity index (χ2v) is 6.88. The maximum absolute atomic E-state index is 12.0. The number of halogens is 2. The van der Waals surface area contributed by atoms with Crippen LogP contribution in [0.2, 0.25) is 0 Å². The Bertz CT molecular complexity index is 654. The summed E-state index contributed by atoms with van der Waals surface area (Å²) in [5, 5.41) is 11.6. The molecule has 98 valence electrons. The van der Waals surface area contributed by atoms with Gasteiger partial charge in [0, 0.05) is 4.47 Å². The molecule has 2 N–H and O–H groups in total. The van der Waals surface area contributed by atoms with E-state index in [0.29, 0.717) is 15.0 Å². The van der Waals surface area contributed by atoms with Crippen molar-refractivity contribution >= 4 is 60.8 Å². The Kier molecular flexibility index (Phi) is 4.38. The highest BCUT2D eigenvalue weighted by atomic mass is 79.9. The molecule has 0 spiro atoms. The predicted molar refractivity (Wildman–Crippen MR) is 81.1 cm³/mol. The van der Waals surface area contributed by atoms with Crippen molar-refractivity contribution in [1.29, 1.82) is 0 Å². The van der Waals surface area contributed by atoms with Gasteiger partial charge >= 0.3 is 5.97 Å². The number of carbonyl (C=O) groups is 2. The molecule has 1 amide bonds. The summed E-state index contributed by atoms with van der Waals surface area (Å²) in [6, 6.07) is 7.93. The van der Waals surface area contributed by atoms with Crippen molar-refractivity contribution < 1.29 is 14.7 Å². The molecule has 4 nitrogen and oxygen atoms in total. The number of amides is 1. The Hall–Kier alpha value is -1.18. The van der Waals surface area contributed by atoms with Crippen LogP contribution >= 0.6 is 43.2 Å². The van der Waals surface area contributed by atoms with Crippen molar-refractivity contribution in [2.75, 3.05) is 5.32 Å². The van der Waals surface area contributed by atoms with Crippen LogP contribution < -0.4 is 5.32 Å². The summed E-state index contributed by atoms with van der Waals surface area (Å²) < 4.78 is 1.48. The SMILES string of the molecule is O=C(O)c1ccc(Br)c(NC(=O)c2ccc(Br)s2)c1. The lowest BCUT2D eigenvalue weighted by Crippen LogP contribution is -2.11. The highest BCUT2D eigenvalue weighted by molar-refractivity contribution is 9.11. The average Bonchev–Trinajstić information content (AvgIpc) is 2.78. The van der Waals surface area contributed by atoms with Crippen molar-refractivity contribution in [3.05, 3.63) is 49.0 Å². The van der Waals surface area contributed by atoms with E-state index in [1.807, 2.05) is 0 Å². The monoisotopic (exact) mass is 403 g/mol. The Morgan fingerprint density at radius 2 is 1.89 bits per heavy atom. The van der Waals surface area contributed by atoms with E-state index in [9.17, 15) is 9.59 Å². The topological polar surface area (TPSA) is 66.4 Å². The van der Waals surface area contributed by atoms with E-state index in [1.54, 1.807) is 18.2 Å². The van der Waals surface area contributed by atoms with Crippen LogP contribution in [-0.4, -0.2) is 17.0 Å². The summed E-state index contributed by atoms with van der Waals surface area (Å²) in [5.41, 5.74) is 0.542. The molecule has 0 unspecified atom stereocenters. The lowest BCUT2D eigenvalue weighted by molar-refractivity contribution is 0.0696. The molecule has 0 aliphatic rings. The minimum Gasteiger partial charge on any atom is -0.478 e. The third-order valence-corrected chi connectivity index (χ3v) is 4.57. The largest absolute Gasteiger partial charge is 0.478 e. The molecular weight excluding hydrogens is 398 g/mol. The number of hydrogen-bond acceptors (Lipinski definition) is 3. The number of nitrogens with one attached hydrogen (secondary N) is 1. The molecule has 1 aromatic heterocycles. The zero-order chi connectivity index (χ0) is 14.0. The van der Waals surface area contributed by atoms with Gasteiger partial charge in [-0.25, -0.2) is 4.79 Å². The Morgan fingerprint density at radius 1 is 1.16 bits per heavy atom. The van der Waals surface area contributed by atoms with Gasteiger partial charge in [-0.05, 0) is 62.2 Å². The van der Waals surface area contributed by atoms with E-state index in [0.717, 1.165) is 3.79 Å². The molecule has 1 heterocycles. The number of hydrogen-bond donors (Lipinski definition) is 2. The first kappa shape index (κ1) is 14.2. The summed E-state index contributed by atoms with van der Waals surface area (Å²) in [6.45, 7) is 0. The lowest BCUT2D eigenvalue weighted by atomic mass is 10.2. The number of carbonyl (C=O) groups excluding carboxylic acids is 1. The minimum atomic E-state index is -1.04. The molecule has 2 rings (SSSR count). The second kappa shape index (κ2) is 5.85. The number of benzene rings is 1. The lowest BCUT2D eigenvalue weighted by Gasteiger charge is -2.07. The van der Waals surface area contributed by atoms with E-state index >= 15 is 0 Å². The van der Waals surface area contributed by atoms with E-state index in [4.69, 9.17) is 5.11 Å². The molecule has 0 radical (unpaired) electrons. The van der Waals surface area contributed by atoms with Crippen LogP contribution in [0.1, 0.15) is 20.0 Å². The van der Waals surface area contributed by atoms with Crippen LogP contribution in [0.5, 0.6) is 0 Å². The van der Waals surface area contributed by atoms with Gasteiger partial charge < -0.3 is 10.4 Å². The standard InChI is InChI=1S/C12H7Br2NO3S/c13-7-2-1-6(12(17)18)5-8(7)15-11(16)9-3-4-10(14)19-9/h1-5H,(H,15,16)(H,17,18). The smallest absolute Gasteiger partial charge is 0.335 e. The van der Waals surface area contributed by atoms with E-state index in [2.05, 4.69) is 37.2 Å². The summed E-state index contributed by atoms with van der Waals surface area (Å²) in [6.07, 6.45) is 0. The fraction of sp³-hybridized carbons (Fsp3) is 0. The van der Waals surface area contributed by atoms with Gasteiger partial charge in [0.2, 0.25) is 0 Å². The number of carboxylic acids is 1. The number of thiophene rings is 1. The molecule has 0 saturated heterocycles. The molecule has 0 bridgehead atoms. The highest BCUT2D eigenvalue weighted by Crippen LogP contribution is 2.26. The maximum Gasteiger partial charge on any atom is 0.335 e. The number of anilines is 1. The Labute approximate surface area is 129 Å². The van der Waals surface area contributed by atoms with Gasteiger partial charge in [-0.15, -0.1) is 11.3 Å². The summed E-state index contributed by atoms with van der Waals surface area (Å²) >= 11 is 7.86. The molecule has 0 atom stereocenters. The fourth-order valence-corrected chi connectivity index (χ4v) is 3.00. The molecule has 7 heteroatoms. The van der Waals surface area contributed by atoms with Crippen LogP contribution in [0.15, 0.2) is 38.6 Å². The quantitative estimate of drug-likeness (QED) is 0.804. The van der Waals surface area contributed by atoms with Crippen molar-refractivity contribution in [3.8, 4) is 0 Å². The van der Waals surface area contributed by atoms with Gasteiger partial charge in [0.15, 0.2) is 0 Å².